The smallest absolute Gasteiger partial charge is 0.165 e. The molecule has 0 N–H and O–H groups in total. The van der Waals surface area contributed by atoms with Crippen molar-refractivity contribution in [3.8, 4) is 0 Å². The van der Waals surface area contributed by atoms with Crippen LogP contribution in [0.15, 0.2) is 54.6 Å². The van der Waals surface area contributed by atoms with Crippen LogP contribution in [0.1, 0.15) is 78.6 Å². The van der Waals surface area contributed by atoms with Crippen LogP contribution in [0.3, 0.4) is 0 Å². The first-order valence-corrected chi connectivity index (χ1v) is 11.8. The normalized spacial score (nSPS) is 29.8. The predicted octanol–water partition coefficient (Wildman–Crippen LogP) is 6.32. The summed E-state index contributed by atoms with van der Waals surface area (Å²) in [7, 11) is 0. The molecule has 0 radical (unpaired) electrons. The second-order valence-corrected chi connectivity index (χ2v) is 9.38. The summed E-state index contributed by atoms with van der Waals surface area (Å²) in [5.41, 5.74) is 4.47. The minimum Gasteiger partial charge on any atom is -0.378 e. The predicted molar refractivity (Wildman–Crippen MR) is 123 cm³/mol. The Morgan fingerprint density at radius 1 is 1.13 bits per heavy atom. The average Bonchev–Trinajstić information content (AvgIpc) is 3.28. The van der Waals surface area contributed by atoms with Crippen molar-refractivity contribution in [3.05, 3.63) is 76.9 Å². The Labute approximate surface area is 185 Å². The van der Waals surface area contributed by atoms with Crippen molar-refractivity contribution >= 4 is 11.9 Å². The summed E-state index contributed by atoms with van der Waals surface area (Å²) in [5.74, 6) is 0.408. The highest BCUT2D eigenvalue weighted by molar-refractivity contribution is 5.98. The molecule has 2 atom stereocenters. The number of hydrogen-bond acceptors (Lipinski definition) is 3. The average molecular weight is 417 g/mol. The van der Waals surface area contributed by atoms with Gasteiger partial charge in [-0.3, -0.25) is 4.79 Å². The van der Waals surface area contributed by atoms with Gasteiger partial charge < -0.3 is 9.47 Å². The second kappa shape index (κ2) is 8.72. The van der Waals surface area contributed by atoms with Gasteiger partial charge in [-0.25, -0.2) is 0 Å². The van der Waals surface area contributed by atoms with E-state index in [1.54, 1.807) is 0 Å². The number of rotatable bonds is 5. The van der Waals surface area contributed by atoms with Crippen LogP contribution in [0.5, 0.6) is 0 Å². The summed E-state index contributed by atoms with van der Waals surface area (Å²) >= 11 is 0. The molecule has 2 aromatic rings. The lowest BCUT2D eigenvalue weighted by atomic mass is 9.72. The van der Waals surface area contributed by atoms with Gasteiger partial charge in [-0.1, -0.05) is 54.6 Å². The van der Waals surface area contributed by atoms with Gasteiger partial charge in [0.15, 0.2) is 5.78 Å². The molecule has 2 fully saturated rings. The molecule has 3 nitrogen and oxygen atoms in total. The van der Waals surface area contributed by atoms with E-state index in [2.05, 4.69) is 55.5 Å². The Hall–Kier alpha value is -2.23. The van der Waals surface area contributed by atoms with Crippen LogP contribution in [0, 0.1) is 5.92 Å². The molecule has 1 spiro atoms. The van der Waals surface area contributed by atoms with Crippen LogP contribution >= 0.6 is 0 Å². The third-order valence-corrected chi connectivity index (χ3v) is 7.37. The molecule has 5 rings (SSSR count). The number of allylic oxidation sites excluding steroid dienone is 1. The fourth-order valence-corrected chi connectivity index (χ4v) is 5.74. The zero-order valence-electron chi connectivity index (χ0n) is 18.4. The third-order valence-electron chi connectivity index (χ3n) is 7.37. The number of fused-ring (bicyclic) bond motifs is 1. The highest BCUT2D eigenvalue weighted by Gasteiger charge is 2.45. The molecule has 1 saturated heterocycles. The highest BCUT2D eigenvalue weighted by atomic mass is 16.5. The van der Waals surface area contributed by atoms with E-state index >= 15 is 0 Å². The van der Waals surface area contributed by atoms with E-state index in [0.717, 1.165) is 57.1 Å². The summed E-state index contributed by atoms with van der Waals surface area (Å²) in [6.45, 7) is 2.80. The number of hydrogen-bond donors (Lipinski definition) is 0. The van der Waals surface area contributed by atoms with Crippen LogP contribution in [-0.2, 0) is 15.9 Å². The zero-order chi connectivity index (χ0) is 21.3. The molecule has 3 heteroatoms. The summed E-state index contributed by atoms with van der Waals surface area (Å²) < 4.78 is 12.9. The molecule has 0 amide bonds. The molecule has 162 valence electrons. The summed E-state index contributed by atoms with van der Waals surface area (Å²) in [4.78, 5) is 13.2. The van der Waals surface area contributed by atoms with E-state index < -0.39 is 0 Å². The Morgan fingerprint density at radius 3 is 2.71 bits per heavy atom. The quantitative estimate of drug-likeness (QED) is 0.535. The number of ether oxygens (including phenoxy) is 2. The van der Waals surface area contributed by atoms with E-state index in [1.165, 1.54) is 16.7 Å². The maximum atomic E-state index is 13.2. The first-order valence-electron chi connectivity index (χ1n) is 11.8. The molecule has 1 aliphatic heterocycles. The van der Waals surface area contributed by atoms with E-state index in [4.69, 9.17) is 9.47 Å². The van der Waals surface area contributed by atoms with Crippen LogP contribution in [0.25, 0.3) is 6.08 Å². The number of Topliss-reactive ketones (excluding diaryl/α,β-unsaturated/α-hetero) is 1. The van der Waals surface area contributed by atoms with Crippen molar-refractivity contribution in [3.63, 3.8) is 0 Å². The van der Waals surface area contributed by atoms with Gasteiger partial charge in [0.25, 0.3) is 0 Å². The lowest BCUT2D eigenvalue weighted by molar-refractivity contribution is -0.189. The first kappa shape index (κ1) is 20.7. The minimum atomic E-state index is -0.169. The molecule has 0 bridgehead atoms. The molecule has 0 aromatic heterocycles. The van der Waals surface area contributed by atoms with Gasteiger partial charge in [0.2, 0.25) is 0 Å². The van der Waals surface area contributed by atoms with Crippen molar-refractivity contribution in [1.29, 1.82) is 0 Å². The first-order chi connectivity index (χ1) is 15.2. The fraction of sp³-hybridized carbons (Fsp3) is 0.464. The van der Waals surface area contributed by atoms with Crippen molar-refractivity contribution in [1.82, 2.24) is 0 Å². The Morgan fingerprint density at radius 2 is 1.94 bits per heavy atom. The molecule has 2 aliphatic carbocycles. The van der Waals surface area contributed by atoms with E-state index in [1.807, 2.05) is 12.1 Å². The molecular weight excluding hydrogens is 384 g/mol. The van der Waals surface area contributed by atoms with Gasteiger partial charge in [0.1, 0.15) is 0 Å². The standard InChI is InChI=1S/C28H32O3/c1-2-30-25-18-26(21-7-4-3-5-8-21)31-28(19-25)15-13-22(14-16-28)27(29)24-12-11-20-9-6-10-23(20)17-24/h3-9,11-12,17,22,25-26H,2,10,13-16,18-19H2,1H3. The third kappa shape index (κ3) is 4.26. The van der Waals surface area contributed by atoms with Crippen LogP contribution in [-0.4, -0.2) is 24.1 Å². The monoisotopic (exact) mass is 416 g/mol. The summed E-state index contributed by atoms with van der Waals surface area (Å²) in [6.07, 6.45) is 11.1. The van der Waals surface area contributed by atoms with Gasteiger partial charge >= 0.3 is 0 Å². The molecule has 2 unspecified atom stereocenters. The lowest BCUT2D eigenvalue weighted by Gasteiger charge is -2.48. The van der Waals surface area contributed by atoms with Gasteiger partial charge in [-0.2, -0.15) is 0 Å². The van der Waals surface area contributed by atoms with E-state index in [0.29, 0.717) is 5.78 Å². The Kier molecular flexibility index (Phi) is 5.81. The van der Waals surface area contributed by atoms with Crippen LogP contribution in [0.2, 0.25) is 0 Å². The van der Waals surface area contributed by atoms with Crippen molar-refractivity contribution in [2.45, 2.75) is 69.7 Å². The molecular formula is C28H32O3. The fourth-order valence-electron chi connectivity index (χ4n) is 5.74. The van der Waals surface area contributed by atoms with Gasteiger partial charge in [0.05, 0.1) is 17.8 Å². The summed E-state index contributed by atoms with van der Waals surface area (Å²) in [6, 6.07) is 16.7. The van der Waals surface area contributed by atoms with Gasteiger partial charge in [0, 0.05) is 30.9 Å². The summed E-state index contributed by atoms with van der Waals surface area (Å²) in [5, 5.41) is 0. The molecule has 31 heavy (non-hydrogen) atoms. The number of carbonyl (C=O) groups is 1. The van der Waals surface area contributed by atoms with Crippen LogP contribution < -0.4 is 0 Å². The minimum absolute atomic E-state index is 0.0722. The Balaban J connectivity index is 1.29. The van der Waals surface area contributed by atoms with Crippen molar-refractivity contribution in [2.24, 2.45) is 5.92 Å². The zero-order valence-corrected chi connectivity index (χ0v) is 18.4. The Bertz CT molecular complexity index is 953. The maximum absolute atomic E-state index is 13.2. The molecule has 1 saturated carbocycles. The van der Waals surface area contributed by atoms with Gasteiger partial charge in [-0.05, 0) is 61.8 Å². The van der Waals surface area contributed by atoms with Crippen LogP contribution in [0.4, 0.5) is 0 Å². The maximum Gasteiger partial charge on any atom is 0.165 e. The lowest BCUT2D eigenvalue weighted by Crippen LogP contribution is -2.47. The largest absolute Gasteiger partial charge is 0.378 e. The van der Waals surface area contributed by atoms with E-state index in [9.17, 15) is 4.79 Å². The number of carbonyl (C=O) groups excluding carboxylic acids is 1. The molecule has 3 aliphatic rings. The number of ketones is 1. The number of benzene rings is 2. The molecule has 2 aromatic carbocycles. The van der Waals surface area contributed by atoms with Crippen molar-refractivity contribution < 1.29 is 14.3 Å². The van der Waals surface area contributed by atoms with E-state index in [-0.39, 0.29) is 23.7 Å². The SMILES string of the molecule is CCOC1CC(c2ccccc2)OC2(CCC(C(=O)c3ccc4c(c3)CC=C4)CC2)C1. The van der Waals surface area contributed by atoms with Gasteiger partial charge in [-0.15, -0.1) is 0 Å². The topological polar surface area (TPSA) is 35.5 Å². The molecule has 1 heterocycles. The van der Waals surface area contributed by atoms with Crippen molar-refractivity contribution in [2.75, 3.05) is 6.61 Å². The highest BCUT2D eigenvalue weighted by Crippen LogP contribution is 2.47. The second-order valence-electron chi connectivity index (χ2n) is 9.38.